The SMILES string of the molecule is CCOC(=O)Cc1c(C)n(Cc2ccc(OC)c(C(C)C)c2)c2ccccc12. The number of methoxy groups -OCH3 is 1. The first-order chi connectivity index (χ1) is 13.5. The molecule has 0 spiro atoms. The van der Waals surface area contributed by atoms with Crippen LogP contribution in [0.3, 0.4) is 0 Å². The Morgan fingerprint density at radius 3 is 2.57 bits per heavy atom. The summed E-state index contributed by atoms with van der Waals surface area (Å²) in [5, 5.41) is 1.12. The highest BCUT2D eigenvalue weighted by atomic mass is 16.5. The van der Waals surface area contributed by atoms with Gasteiger partial charge in [0.05, 0.1) is 20.1 Å². The summed E-state index contributed by atoms with van der Waals surface area (Å²) in [7, 11) is 1.71. The molecule has 0 N–H and O–H groups in total. The Kier molecular flexibility index (Phi) is 6.08. The van der Waals surface area contributed by atoms with Crippen molar-refractivity contribution in [1.29, 1.82) is 0 Å². The molecule has 0 atom stereocenters. The first-order valence-corrected chi connectivity index (χ1v) is 9.85. The van der Waals surface area contributed by atoms with E-state index in [1.165, 1.54) is 11.1 Å². The first-order valence-electron chi connectivity index (χ1n) is 9.85. The van der Waals surface area contributed by atoms with Crippen molar-refractivity contribution in [3.05, 3.63) is 64.8 Å². The van der Waals surface area contributed by atoms with Crippen LogP contribution in [-0.4, -0.2) is 24.3 Å². The van der Waals surface area contributed by atoms with Crippen LogP contribution in [0.25, 0.3) is 10.9 Å². The number of fused-ring (bicyclic) bond motifs is 1. The lowest BCUT2D eigenvalue weighted by molar-refractivity contribution is -0.142. The van der Waals surface area contributed by atoms with Crippen LogP contribution >= 0.6 is 0 Å². The molecular weight excluding hydrogens is 350 g/mol. The maximum absolute atomic E-state index is 12.1. The number of para-hydroxylation sites is 1. The van der Waals surface area contributed by atoms with Gasteiger partial charge in [-0.1, -0.05) is 44.2 Å². The monoisotopic (exact) mass is 379 g/mol. The Morgan fingerprint density at radius 2 is 1.89 bits per heavy atom. The number of hydrogen-bond donors (Lipinski definition) is 0. The van der Waals surface area contributed by atoms with E-state index < -0.39 is 0 Å². The van der Waals surface area contributed by atoms with E-state index in [2.05, 4.69) is 49.6 Å². The van der Waals surface area contributed by atoms with Gasteiger partial charge in [0.25, 0.3) is 0 Å². The lowest BCUT2D eigenvalue weighted by Crippen LogP contribution is -2.09. The fourth-order valence-electron chi connectivity index (χ4n) is 3.80. The standard InChI is InChI=1S/C24H29NO3/c1-6-28-24(26)14-21-17(4)25(22-10-8-7-9-19(21)22)15-18-11-12-23(27-5)20(13-18)16(2)3/h7-13,16H,6,14-15H2,1-5H3. The van der Waals surface area contributed by atoms with E-state index in [0.29, 0.717) is 18.9 Å². The number of carbonyl (C=O) groups is 1. The molecule has 0 aliphatic carbocycles. The Bertz CT molecular complexity index is 985. The van der Waals surface area contributed by atoms with E-state index in [0.717, 1.165) is 34.5 Å². The fourth-order valence-corrected chi connectivity index (χ4v) is 3.80. The topological polar surface area (TPSA) is 40.5 Å². The highest BCUT2D eigenvalue weighted by Crippen LogP contribution is 2.30. The second-order valence-corrected chi connectivity index (χ2v) is 7.38. The number of benzene rings is 2. The molecule has 0 aliphatic heterocycles. The summed E-state index contributed by atoms with van der Waals surface area (Å²) in [6.45, 7) is 9.43. The van der Waals surface area contributed by atoms with Gasteiger partial charge in [-0.25, -0.2) is 0 Å². The van der Waals surface area contributed by atoms with Crippen LogP contribution < -0.4 is 4.74 Å². The van der Waals surface area contributed by atoms with Gasteiger partial charge < -0.3 is 14.0 Å². The van der Waals surface area contributed by atoms with E-state index in [9.17, 15) is 4.79 Å². The molecule has 1 heterocycles. The third-order valence-corrected chi connectivity index (χ3v) is 5.24. The summed E-state index contributed by atoms with van der Waals surface area (Å²) in [6.07, 6.45) is 0.299. The van der Waals surface area contributed by atoms with Crippen molar-refractivity contribution in [2.45, 2.75) is 46.6 Å². The lowest BCUT2D eigenvalue weighted by atomic mass is 9.99. The normalized spacial score (nSPS) is 11.2. The van der Waals surface area contributed by atoms with Crippen LogP contribution in [0.4, 0.5) is 0 Å². The second kappa shape index (κ2) is 8.51. The zero-order valence-electron chi connectivity index (χ0n) is 17.4. The number of aromatic nitrogens is 1. The largest absolute Gasteiger partial charge is 0.496 e. The molecule has 4 heteroatoms. The number of hydrogen-bond acceptors (Lipinski definition) is 3. The molecule has 0 saturated heterocycles. The summed E-state index contributed by atoms with van der Waals surface area (Å²) in [5.74, 6) is 1.13. The molecule has 0 aliphatic rings. The van der Waals surface area contributed by atoms with E-state index >= 15 is 0 Å². The van der Waals surface area contributed by atoms with E-state index in [1.807, 2.05) is 25.1 Å². The van der Waals surface area contributed by atoms with Crippen LogP contribution in [-0.2, 0) is 22.5 Å². The van der Waals surface area contributed by atoms with Crippen molar-refractivity contribution in [2.75, 3.05) is 13.7 Å². The van der Waals surface area contributed by atoms with Crippen molar-refractivity contribution < 1.29 is 14.3 Å². The van der Waals surface area contributed by atoms with Crippen molar-refractivity contribution in [3.8, 4) is 5.75 Å². The Morgan fingerprint density at radius 1 is 1.14 bits per heavy atom. The molecule has 0 radical (unpaired) electrons. The summed E-state index contributed by atoms with van der Waals surface area (Å²) < 4.78 is 13.0. The number of ether oxygens (including phenoxy) is 2. The smallest absolute Gasteiger partial charge is 0.310 e. The highest BCUT2D eigenvalue weighted by Gasteiger charge is 2.18. The zero-order chi connectivity index (χ0) is 20.3. The van der Waals surface area contributed by atoms with Gasteiger partial charge in [0.2, 0.25) is 0 Å². The fraction of sp³-hybridized carbons (Fsp3) is 0.375. The zero-order valence-corrected chi connectivity index (χ0v) is 17.4. The van der Waals surface area contributed by atoms with E-state index in [-0.39, 0.29) is 5.97 Å². The predicted molar refractivity (Wildman–Crippen MR) is 113 cm³/mol. The minimum Gasteiger partial charge on any atom is -0.496 e. The summed E-state index contributed by atoms with van der Waals surface area (Å²) in [4.78, 5) is 12.1. The average Bonchev–Trinajstić information content (AvgIpc) is 2.94. The quantitative estimate of drug-likeness (QED) is 0.527. The number of esters is 1. The number of rotatable bonds is 7. The molecule has 0 saturated carbocycles. The Hall–Kier alpha value is -2.75. The Labute approximate surface area is 167 Å². The molecule has 2 aromatic carbocycles. The molecule has 148 valence electrons. The van der Waals surface area contributed by atoms with Crippen molar-refractivity contribution >= 4 is 16.9 Å². The molecule has 3 rings (SSSR count). The third-order valence-electron chi connectivity index (χ3n) is 5.24. The number of nitrogens with zero attached hydrogens (tertiary/aromatic N) is 1. The molecule has 4 nitrogen and oxygen atoms in total. The molecule has 0 bridgehead atoms. The van der Waals surface area contributed by atoms with Gasteiger partial charge in [0.15, 0.2) is 0 Å². The first kappa shape index (κ1) is 20.0. The van der Waals surface area contributed by atoms with Crippen LogP contribution in [0.15, 0.2) is 42.5 Å². The van der Waals surface area contributed by atoms with Gasteiger partial charge in [0, 0.05) is 23.1 Å². The highest BCUT2D eigenvalue weighted by molar-refractivity contribution is 5.89. The van der Waals surface area contributed by atoms with Crippen molar-refractivity contribution in [3.63, 3.8) is 0 Å². The summed E-state index contributed by atoms with van der Waals surface area (Å²) in [5.41, 5.74) is 5.72. The van der Waals surface area contributed by atoms with Gasteiger partial charge in [-0.05, 0) is 48.6 Å². The van der Waals surface area contributed by atoms with Gasteiger partial charge in [0.1, 0.15) is 5.75 Å². The maximum atomic E-state index is 12.1. The summed E-state index contributed by atoms with van der Waals surface area (Å²) >= 11 is 0. The van der Waals surface area contributed by atoms with Gasteiger partial charge in [-0.15, -0.1) is 0 Å². The van der Waals surface area contributed by atoms with Gasteiger partial charge >= 0.3 is 5.97 Å². The van der Waals surface area contributed by atoms with Gasteiger partial charge in [-0.3, -0.25) is 4.79 Å². The van der Waals surface area contributed by atoms with Crippen LogP contribution in [0.5, 0.6) is 5.75 Å². The minimum absolute atomic E-state index is 0.181. The van der Waals surface area contributed by atoms with E-state index in [1.54, 1.807) is 7.11 Å². The number of carbonyl (C=O) groups excluding carboxylic acids is 1. The third kappa shape index (κ3) is 3.91. The average molecular weight is 380 g/mol. The van der Waals surface area contributed by atoms with Crippen LogP contribution in [0, 0.1) is 6.92 Å². The van der Waals surface area contributed by atoms with Crippen molar-refractivity contribution in [1.82, 2.24) is 4.57 Å². The van der Waals surface area contributed by atoms with E-state index in [4.69, 9.17) is 9.47 Å². The molecule has 0 fully saturated rings. The second-order valence-electron chi connectivity index (χ2n) is 7.38. The molecule has 1 aromatic heterocycles. The lowest BCUT2D eigenvalue weighted by Gasteiger charge is -2.15. The Balaban J connectivity index is 2.03. The predicted octanol–water partition coefficient (Wildman–Crippen LogP) is 5.24. The molecular formula is C24H29NO3. The maximum Gasteiger partial charge on any atom is 0.310 e. The minimum atomic E-state index is -0.181. The summed E-state index contributed by atoms with van der Waals surface area (Å²) in [6, 6.07) is 14.6. The molecule has 3 aromatic rings. The van der Waals surface area contributed by atoms with Gasteiger partial charge in [-0.2, -0.15) is 0 Å². The van der Waals surface area contributed by atoms with Crippen molar-refractivity contribution in [2.24, 2.45) is 0 Å². The molecule has 0 unspecified atom stereocenters. The van der Waals surface area contributed by atoms with Crippen LogP contribution in [0.1, 0.15) is 49.1 Å². The molecule has 28 heavy (non-hydrogen) atoms. The molecule has 0 amide bonds. The van der Waals surface area contributed by atoms with Crippen LogP contribution in [0.2, 0.25) is 0 Å².